The normalized spacial score (nSPS) is 11.8. The third-order valence-electron chi connectivity index (χ3n) is 4.65. The molecule has 3 rings (SSSR count). The molecule has 150 valence electrons. The topological polar surface area (TPSA) is 17.3 Å². The van der Waals surface area contributed by atoms with E-state index in [1.807, 2.05) is 46.0 Å². The van der Waals surface area contributed by atoms with Crippen molar-refractivity contribution in [2.45, 2.75) is 34.1 Å². The Kier molecular flexibility index (Phi) is 8.42. The van der Waals surface area contributed by atoms with E-state index in [-0.39, 0.29) is 0 Å². The Bertz CT molecular complexity index is 1050. The number of para-hydroxylation sites is 1. The Morgan fingerprint density at radius 2 is 1.79 bits per heavy atom. The average molecular weight is 385 g/mol. The molecule has 29 heavy (non-hydrogen) atoms. The lowest BCUT2D eigenvalue weighted by Crippen LogP contribution is -2.03. The van der Waals surface area contributed by atoms with E-state index in [9.17, 15) is 0 Å². The van der Waals surface area contributed by atoms with E-state index >= 15 is 0 Å². The van der Waals surface area contributed by atoms with Gasteiger partial charge in [0, 0.05) is 41.4 Å². The fourth-order valence-electron chi connectivity index (χ4n) is 3.57. The third-order valence-corrected chi connectivity index (χ3v) is 4.65. The summed E-state index contributed by atoms with van der Waals surface area (Å²) in [7, 11) is 1.83. The highest BCUT2D eigenvalue weighted by molar-refractivity contribution is 6.09. The number of allylic oxidation sites excluding steroid dienone is 4. The quantitative estimate of drug-likeness (QED) is 0.311. The first-order valence-corrected chi connectivity index (χ1v) is 10.3. The van der Waals surface area contributed by atoms with Gasteiger partial charge in [-0.05, 0) is 38.1 Å². The highest BCUT2D eigenvalue weighted by atomic mass is 15.0. The standard InChI is InChI=1S/C25H26N2.C2H6/c1-5-11-21-22-16-8-9-17-25(22)27(24(21)13-7-3)20-15-10-14-19(18-20)23(26-4)12-6-2;1-2/h5-12,14-18H,3,13H2,1-2,4H3;1-2H3/b11-5-,12-6-,26-23?;. The summed E-state index contributed by atoms with van der Waals surface area (Å²) >= 11 is 0. The Hall–Kier alpha value is -3.13. The first-order valence-electron chi connectivity index (χ1n) is 10.3. The van der Waals surface area contributed by atoms with Gasteiger partial charge >= 0.3 is 0 Å². The predicted octanol–water partition coefficient (Wildman–Crippen LogP) is 7.41. The van der Waals surface area contributed by atoms with E-state index in [1.165, 1.54) is 22.2 Å². The maximum absolute atomic E-state index is 4.43. The molecule has 0 spiro atoms. The Balaban J connectivity index is 0.00000145. The molecule has 0 saturated heterocycles. The summed E-state index contributed by atoms with van der Waals surface area (Å²) in [5.41, 5.74) is 6.96. The maximum atomic E-state index is 4.43. The fourth-order valence-corrected chi connectivity index (χ4v) is 3.57. The van der Waals surface area contributed by atoms with E-state index in [0.717, 1.165) is 23.4 Å². The summed E-state index contributed by atoms with van der Waals surface area (Å²) < 4.78 is 2.35. The molecule has 2 heteroatoms. The molecule has 0 aliphatic carbocycles. The molecular formula is C27H32N2. The Labute approximate surface area is 175 Å². The number of hydrogen-bond donors (Lipinski definition) is 0. The van der Waals surface area contributed by atoms with Crippen LogP contribution in [0.1, 0.15) is 44.5 Å². The zero-order chi connectivity index (χ0) is 21.2. The van der Waals surface area contributed by atoms with Gasteiger partial charge in [0.15, 0.2) is 0 Å². The molecule has 2 aromatic carbocycles. The smallest absolute Gasteiger partial charge is 0.0640 e. The second-order valence-corrected chi connectivity index (χ2v) is 6.36. The number of nitrogens with zero attached hydrogens (tertiary/aromatic N) is 2. The van der Waals surface area contributed by atoms with Crippen LogP contribution in [0.2, 0.25) is 0 Å². The molecule has 0 radical (unpaired) electrons. The van der Waals surface area contributed by atoms with Crippen molar-refractivity contribution in [2.75, 3.05) is 7.05 Å². The van der Waals surface area contributed by atoms with Crippen molar-refractivity contribution in [1.29, 1.82) is 0 Å². The summed E-state index contributed by atoms with van der Waals surface area (Å²) in [6.45, 7) is 12.1. The lowest BCUT2D eigenvalue weighted by molar-refractivity contribution is 1.00. The van der Waals surface area contributed by atoms with Gasteiger partial charge in [0.25, 0.3) is 0 Å². The molecule has 0 aliphatic rings. The minimum absolute atomic E-state index is 0.808. The number of fused-ring (bicyclic) bond motifs is 1. The van der Waals surface area contributed by atoms with Crippen molar-refractivity contribution < 1.29 is 0 Å². The number of hydrogen-bond acceptors (Lipinski definition) is 1. The van der Waals surface area contributed by atoms with Crippen LogP contribution in [0.25, 0.3) is 22.7 Å². The van der Waals surface area contributed by atoms with Gasteiger partial charge < -0.3 is 4.57 Å². The zero-order valence-electron chi connectivity index (χ0n) is 18.3. The summed E-state index contributed by atoms with van der Waals surface area (Å²) in [6.07, 6.45) is 11.1. The molecule has 0 amide bonds. The van der Waals surface area contributed by atoms with Gasteiger partial charge in [0.2, 0.25) is 0 Å². The van der Waals surface area contributed by atoms with Gasteiger partial charge in [-0.2, -0.15) is 0 Å². The highest BCUT2D eigenvalue weighted by Crippen LogP contribution is 2.31. The Morgan fingerprint density at radius 1 is 1.03 bits per heavy atom. The molecule has 0 bridgehead atoms. The van der Waals surface area contributed by atoms with E-state index in [0.29, 0.717) is 0 Å². The minimum atomic E-state index is 0.808. The molecule has 1 aromatic heterocycles. The van der Waals surface area contributed by atoms with Crippen molar-refractivity contribution in [1.82, 2.24) is 4.57 Å². The van der Waals surface area contributed by atoms with Crippen LogP contribution in [-0.2, 0) is 6.42 Å². The van der Waals surface area contributed by atoms with Gasteiger partial charge in [0.05, 0.1) is 11.2 Å². The zero-order valence-corrected chi connectivity index (χ0v) is 18.3. The third kappa shape index (κ3) is 4.65. The van der Waals surface area contributed by atoms with E-state index < -0.39 is 0 Å². The second kappa shape index (κ2) is 11.0. The number of aromatic nitrogens is 1. The largest absolute Gasteiger partial charge is 0.313 e. The van der Waals surface area contributed by atoms with Gasteiger partial charge in [-0.25, -0.2) is 0 Å². The molecule has 0 N–H and O–H groups in total. The first kappa shape index (κ1) is 22.2. The van der Waals surface area contributed by atoms with Crippen LogP contribution in [0.3, 0.4) is 0 Å². The van der Waals surface area contributed by atoms with Crippen LogP contribution in [-0.4, -0.2) is 17.3 Å². The molecule has 2 nitrogen and oxygen atoms in total. The van der Waals surface area contributed by atoms with E-state index in [2.05, 4.69) is 83.7 Å². The molecular weight excluding hydrogens is 352 g/mol. The van der Waals surface area contributed by atoms with E-state index in [1.54, 1.807) is 0 Å². The van der Waals surface area contributed by atoms with Gasteiger partial charge in [-0.3, -0.25) is 4.99 Å². The monoisotopic (exact) mass is 384 g/mol. The molecule has 0 atom stereocenters. The minimum Gasteiger partial charge on any atom is -0.313 e. The lowest BCUT2D eigenvalue weighted by atomic mass is 10.1. The molecule has 1 heterocycles. The average Bonchev–Trinajstić information content (AvgIpc) is 3.07. The molecule has 0 fully saturated rings. The highest BCUT2D eigenvalue weighted by Gasteiger charge is 2.16. The summed E-state index contributed by atoms with van der Waals surface area (Å²) in [4.78, 5) is 4.43. The van der Waals surface area contributed by atoms with Crippen LogP contribution in [0, 0.1) is 0 Å². The summed E-state index contributed by atoms with van der Waals surface area (Å²) in [5.74, 6) is 0. The predicted molar refractivity (Wildman–Crippen MR) is 131 cm³/mol. The summed E-state index contributed by atoms with van der Waals surface area (Å²) in [5, 5.41) is 1.26. The fraction of sp³-hybridized carbons (Fsp3) is 0.222. The number of aliphatic imine (C=N–C) groups is 1. The molecule has 0 saturated carbocycles. The van der Waals surface area contributed by atoms with Gasteiger partial charge in [-0.1, -0.05) is 68.5 Å². The molecule has 0 unspecified atom stereocenters. The number of benzene rings is 2. The van der Waals surface area contributed by atoms with Gasteiger partial charge in [0.1, 0.15) is 0 Å². The van der Waals surface area contributed by atoms with Crippen molar-refractivity contribution in [3.8, 4) is 5.69 Å². The van der Waals surface area contributed by atoms with Crippen LogP contribution in [0.15, 0.2) is 84.4 Å². The van der Waals surface area contributed by atoms with Crippen molar-refractivity contribution in [3.05, 3.63) is 96.2 Å². The Morgan fingerprint density at radius 3 is 2.45 bits per heavy atom. The maximum Gasteiger partial charge on any atom is 0.0640 e. The van der Waals surface area contributed by atoms with Crippen molar-refractivity contribution in [2.24, 2.45) is 4.99 Å². The van der Waals surface area contributed by atoms with Crippen molar-refractivity contribution >= 4 is 22.7 Å². The van der Waals surface area contributed by atoms with Gasteiger partial charge in [-0.15, -0.1) is 6.58 Å². The van der Waals surface area contributed by atoms with Crippen LogP contribution in [0.4, 0.5) is 0 Å². The van der Waals surface area contributed by atoms with Crippen LogP contribution in [0.5, 0.6) is 0 Å². The molecule has 3 aromatic rings. The first-order chi connectivity index (χ1) is 14.2. The van der Waals surface area contributed by atoms with E-state index in [4.69, 9.17) is 0 Å². The SMILES string of the molecule is C=CCc1c(/C=C\C)c2ccccc2n1-c1cccc(C(/C=C\C)=NC)c1.CC. The summed E-state index contributed by atoms with van der Waals surface area (Å²) in [6, 6.07) is 17.1. The number of rotatable bonds is 6. The van der Waals surface area contributed by atoms with Crippen molar-refractivity contribution in [3.63, 3.8) is 0 Å². The molecule has 0 aliphatic heterocycles. The second-order valence-electron chi connectivity index (χ2n) is 6.36. The van der Waals surface area contributed by atoms with Crippen LogP contribution < -0.4 is 0 Å². The lowest BCUT2D eigenvalue weighted by Gasteiger charge is -2.12. The van der Waals surface area contributed by atoms with Crippen LogP contribution >= 0.6 is 0 Å².